The van der Waals surface area contributed by atoms with Crippen LogP contribution in [0.1, 0.15) is 36.0 Å². The minimum absolute atomic E-state index is 0.205. The van der Waals surface area contributed by atoms with E-state index in [1.807, 2.05) is 38.1 Å². The Hall–Kier alpha value is -2.34. The lowest BCUT2D eigenvalue weighted by Gasteiger charge is -2.28. The van der Waals surface area contributed by atoms with Gasteiger partial charge < -0.3 is 19.5 Å². The highest BCUT2D eigenvalue weighted by atomic mass is 16.5. The van der Waals surface area contributed by atoms with E-state index in [4.69, 9.17) is 9.26 Å². The van der Waals surface area contributed by atoms with Crippen LogP contribution < -0.4 is 10.2 Å². The highest BCUT2D eigenvalue weighted by Gasteiger charge is 2.15. The first-order valence-corrected chi connectivity index (χ1v) is 7.84. The van der Waals surface area contributed by atoms with E-state index in [1.165, 1.54) is 0 Å². The monoisotopic (exact) mass is 315 g/mol. The van der Waals surface area contributed by atoms with Crippen LogP contribution in [0.25, 0.3) is 0 Å². The molecule has 0 radical (unpaired) electrons. The topological polar surface area (TPSA) is 67.6 Å². The van der Waals surface area contributed by atoms with Gasteiger partial charge in [0.05, 0.1) is 13.2 Å². The standard InChI is InChI=1S/C17H21N3O3/c1-12(2)16-11-15(19-23-16)17(21)18-13-3-5-14(6-4-13)20-7-9-22-10-8-20/h3-6,11-12H,7-10H2,1-2H3,(H,18,21). The van der Waals surface area contributed by atoms with E-state index in [-0.39, 0.29) is 11.8 Å². The number of nitrogens with one attached hydrogen (secondary N) is 1. The maximum Gasteiger partial charge on any atom is 0.277 e. The average Bonchev–Trinajstić information content (AvgIpc) is 3.07. The molecule has 0 aliphatic carbocycles. The fourth-order valence-corrected chi connectivity index (χ4v) is 2.44. The van der Waals surface area contributed by atoms with Crippen molar-refractivity contribution in [1.29, 1.82) is 0 Å². The summed E-state index contributed by atoms with van der Waals surface area (Å²) in [4.78, 5) is 14.4. The number of carbonyl (C=O) groups is 1. The summed E-state index contributed by atoms with van der Waals surface area (Å²) < 4.78 is 10.5. The van der Waals surface area contributed by atoms with Crippen molar-refractivity contribution in [1.82, 2.24) is 5.16 Å². The Balaban J connectivity index is 1.64. The van der Waals surface area contributed by atoms with Crippen LogP contribution >= 0.6 is 0 Å². The van der Waals surface area contributed by atoms with E-state index in [0.29, 0.717) is 11.5 Å². The molecule has 1 aromatic heterocycles. The average molecular weight is 315 g/mol. The number of anilines is 2. The third-order valence-electron chi connectivity index (χ3n) is 3.83. The van der Waals surface area contributed by atoms with Gasteiger partial charge in [0, 0.05) is 36.4 Å². The number of rotatable bonds is 4. The van der Waals surface area contributed by atoms with Gasteiger partial charge in [-0.2, -0.15) is 0 Å². The van der Waals surface area contributed by atoms with Crippen molar-refractivity contribution in [2.75, 3.05) is 36.5 Å². The summed E-state index contributed by atoms with van der Waals surface area (Å²) in [5.41, 5.74) is 2.17. The molecule has 1 aromatic carbocycles. The summed E-state index contributed by atoms with van der Waals surface area (Å²) in [7, 11) is 0. The van der Waals surface area contributed by atoms with Gasteiger partial charge in [-0.05, 0) is 24.3 Å². The molecule has 6 heteroatoms. The molecule has 2 heterocycles. The van der Waals surface area contributed by atoms with Gasteiger partial charge in [-0.1, -0.05) is 19.0 Å². The third kappa shape index (κ3) is 3.71. The molecular formula is C17H21N3O3. The Morgan fingerprint density at radius 3 is 2.52 bits per heavy atom. The number of hydrogen-bond acceptors (Lipinski definition) is 5. The molecule has 3 rings (SSSR count). The second-order valence-electron chi connectivity index (χ2n) is 5.87. The Morgan fingerprint density at radius 1 is 1.22 bits per heavy atom. The van der Waals surface area contributed by atoms with Gasteiger partial charge in [0.1, 0.15) is 5.76 Å². The van der Waals surface area contributed by atoms with E-state index in [9.17, 15) is 4.79 Å². The minimum Gasteiger partial charge on any atom is -0.378 e. The Kier molecular flexibility index (Phi) is 4.62. The first kappa shape index (κ1) is 15.6. The van der Waals surface area contributed by atoms with Crippen molar-refractivity contribution in [3.05, 3.63) is 41.8 Å². The van der Waals surface area contributed by atoms with Crippen molar-refractivity contribution in [2.24, 2.45) is 0 Å². The molecule has 1 N–H and O–H groups in total. The molecule has 1 fully saturated rings. The zero-order chi connectivity index (χ0) is 16.2. The molecule has 1 aliphatic heterocycles. The predicted octanol–water partition coefficient (Wildman–Crippen LogP) is 2.89. The number of morpholine rings is 1. The molecule has 0 bridgehead atoms. The Labute approximate surface area is 135 Å². The van der Waals surface area contributed by atoms with Crippen molar-refractivity contribution in [3.63, 3.8) is 0 Å². The summed E-state index contributed by atoms with van der Waals surface area (Å²) in [6.07, 6.45) is 0. The molecule has 122 valence electrons. The molecule has 0 saturated carbocycles. The van der Waals surface area contributed by atoms with E-state index < -0.39 is 0 Å². The Bertz CT molecular complexity index is 658. The molecule has 1 aliphatic rings. The number of amides is 1. The van der Waals surface area contributed by atoms with E-state index in [0.717, 1.165) is 37.7 Å². The predicted molar refractivity (Wildman–Crippen MR) is 88.0 cm³/mol. The van der Waals surface area contributed by atoms with E-state index in [1.54, 1.807) is 6.07 Å². The lowest BCUT2D eigenvalue weighted by molar-refractivity contribution is 0.101. The van der Waals surface area contributed by atoms with Gasteiger partial charge in [-0.15, -0.1) is 0 Å². The van der Waals surface area contributed by atoms with Crippen molar-refractivity contribution in [2.45, 2.75) is 19.8 Å². The smallest absolute Gasteiger partial charge is 0.277 e. The van der Waals surface area contributed by atoms with Gasteiger partial charge in [0.15, 0.2) is 5.69 Å². The molecule has 1 amide bonds. The quantitative estimate of drug-likeness (QED) is 0.939. The fourth-order valence-electron chi connectivity index (χ4n) is 2.44. The van der Waals surface area contributed by atoms with Gasteiger partial charge in [0.2, 0.25) is 0 Å². The fraction of sp³-hybridized carbons (Fsp3) is 0.412. The summed E-state index contributed by atoms with van der Waals surface area (Å²) in [5.74, 6) is 0.648. The summed E-state index contributed by atoms with van der Waals surface area (Å²) in [5, 5.41) is 6.65. The zero-order valence-electron chi connectivity index (χ0n) is 13.4. The highest BCUT2D eigenvalue weighted by Crippen LogP contribution is 2.20. The summed E-state index contributed by atoms with van der Waals surface area (Å²) in [6, 6.07) is 9.48. The molecular weight excluding hydrogens is 294 g/mol. The van der Waals surface area contributed by atoms with Gasteiger partial charge in [-0.3, -0.25) is 4.79 Å². The largest absolute Gasteiger partial charge is 0.378 e. The van der Waals surface area contributed by atoms with Crippen LogP contribution in [0.5, 0.6) is 0 Å². The first-order valence-electron chi connectivity index (χ1n) is 7.84. The lowest BCUT2D eigenvalue weighted by atomic mass is 10.1. The molecule has 23 heavy (non-hydrogen) atoms. The van der Waals surface area contributed by atoms with Crippen LogP contribution in [0.3, 0.4) is 0 Å². The van der Waals surface area contributed by atoms with Crippen LogP contribution in [-0.4, -0.2) is 37.4 Å². The third-order valence-corrected chi connectivity index (χ3v) is 3.83. The second kappa shape index (κ2) is 6.83. The van der Waals surface area contributed by atoms with Crippen LogP contribution in [-0.2, 0) is 4.74 Å². The van der Waals surface area contributed by atoms with Crippen molar-refractivity contribution >= 4 is 17.3 Å². The maximum atomic E-state index is 12.2. The number of aromatic nitrogens is 1. The normalized spacial score (nSPS) is 15.0. The Morgan fingerprint density at radius 2 is 1.91 bits per heavy atom. The molecule has 6 nitrogen and oxygen atoms in total. The van der Waals surface area contributed by atoms with Crippen LogP contribution in [0.2, 0.25) is 0 Å². The van der Waals surface area contributed by atoms with Crippen molar-refractivity contribution in [3.8, 4) is 0 Å². The highest BCUT2D eigenvalue weighted by molar-refractivity contribution is 6.02. The molecule has 0 atom stereocenters. The second-order valence-corrected chi connectivity index (χ2v) is 5.87. The minimum atomic E-state index is -0.264. The van der Waals surface area contributed by atoms with E-state index >= 15 is 0 Å². The zero-order valence-corrected chi connectivity index (χ0v) is 13.4. The van der Waals surface area contributed by atoms with Crippen LogP contribution in [0.4, 0.5) is 11.4 Å². The van der Waals surface area contributed by atoms with Crippen molar-refractivity contribution < 1.29 is 14.1 Å². The van der Waals surface area contributed by atoms with Gasteiger partial charge in [-0.25, -0.2) is 0 Å². The molecule has 0 spiro atoms. The number of nitrogens with zero attached hydrogens (tertiary/aromatic N) is 2. The number of hydrogen-bond donors (Lipinski definition) is 1. The van der Waals surface area contributed by atoms with E-state index in [2.05, 4.69) is 15.4 Å². The summed E-state index contributed by atoms with van der Waals surface area (Å²) in [6.45, 7) is 7.27. The lowest BCUT2D eigenvalue weighted by Crippen LogP contribution is -2.36. The van der Waals surface area contributed by atoms with Gasteiger partial charge in [0.25, 0.3) is 5.91 Å². The maximum absolute atomic E-state index is 12.2. The van der Waals surface area contributed by atoms with Crippen LogP contribution in [0.15, 0.2) is 34.9 Å². The number of benzene rings is 1. The number of carbonyl (C=O) groups excluding carboxylic acids is 1. The first-order chi connectivity index (χ1) is 11.1. The molecule has 0 unspecified atom stereocenters. The number of ether oxygens (including phenoxy) is 1. The van der Waals surface area contributed by atoms with Gasteiger partial charge >= 0.3 is 0 Å². The molecule has 1 saturated heterocycles. The SMILES string of the molecule is CC(C)c1cc(C(=O)Nc2ccc(N3CCOCC3)cc2)no1. The molecule has 2 aromatic rings. The van der Waals surface area contributed by atoms with Crippen LogP contribution in [0, 0.1) is 0 Å². The summed E-state index contributed by atoms with van der Waals surface area (Å²) >= 11 is 0.